The summed E-state index contributed by atoms with van der Waals surface area (Å²) in [5.74, 6) is 0.568. The second-order valence-electron chi connectivity index (χ2n) is 5.50. The molecule has 0 N–H and O–H groups in total. The molecular formula is C18H21N3O2. The summed E-state index contributed by atoms with van der Waals surface area (Å²) in [5.41, 5.74) is 2.30. The topological polar surface area (TPSA) is 55.3 Å². The highest BCUT2D eigenvalue weighted by molar-refractivity contribution is 5.94. The first-order chi connectivity index (χ1) is 11.0. The summed E-state index contributed by atoms with van der Waals surface area (Å²) in [6, 6.07) is 8.82. The number of carbonyl (C=O) groups is 1. The fourth-order valence-corrected chi connectivity index (χ4v) is 2.05. The Hall–Kier alpha value is -2.69. The molecule has 0 radical (unpaired) electrons. The van der Waals surface area contributed by atoms with E-state index in [1.54, 1.807) is 36.3 Å². The molecule has 2 aromatic rings. The van der Waals surface area contributed by atoms with Gasteiger partial charge in [-0.05, 0) is 43.7 Å². The lowest BCUT2D eigenvalue weighted by atomic mass is 10.1. The molecule has 5 heteroatoms. The molecular weight excluding hydrogens is 290 g/mol. The first-order valence-corrected chi connectivity index (χ1v) is 7.39. The first kappa shape index (κ1) is 16.7. The van der Waals surface area contributed by atoms with Crippen molar-refractivity contribution >= 4 is 5.91 Å². The highest BCUT2D eigenvalue weighted by Crippen LogP contribution is 2.20. The number of nitrogens with zero attached hydrogens (tertiary/aromatic N) is 3. The summed E-state index contributed by atoms with van der Waals surface area (Å²) in [7, 11) is 1.76. The largest absolute Gasteiger partial charge is 0.489 e. The van der Waals surface area contributed by atoms with Gasteiger partial charge >= 0.3 is 0 Å². The monoisotopic (exact) mass is 311 g/mol. The molecule has 1 amide bonds. The number of benzene rings is 1. The standard InChI is InChI=1S/C18H21N3O2/c1-13(2)11-23-16-7-5-6-15(10-16)18(22)21(4)14(3)17-8-9-19-12-20-17/h5-10,12,14H,1,11H2,2-4H3/t14-/m1/s1. The average Bonchev–Trinajstić information content (AvgIpc) is 2.59. The molecule has 0 aliphatic heterocycles. The van der Waals surface area contributed by atoms with Crippen molar-refractivity contribution in [2.75, 3.05) is 13.7 Å². The van der Waals surface area contributed by atoms with Gasteiger partial charge in [0, 0.05) is 18.8 Å². The van der Waals surface area contributed by atoms with Gasteiger partial charge in [-0.15, -0.1) is 0 Å². The molecule has 0 saturated heterocycles. The average molecular weight is 311 g/mol. The van der Waals surface area contributed by atoms with Gasteiger partial charge in [-0.25, -0.2) is 9.97 Å². The zero-order chi connectivity index (χ0) is 16.8. The van der Waals surface area contributed by atoms with Gasteiger partial charge in [-0.2, -0.15) is 0 Å². The lowest BCUT2D eigenvalue weighted by Gasteiger charge is -2.24. The number of amides is 1. The van der Waals surface area contributed by atoms with Crippen molar-refractivity contribution in [1.29, 1.82) is 0 Å². The summed E-state index contributed by atoms with van der Waals surface area (Å²) in [6.45, 7) is 8.06. The Morgan fingerprint density at radius 1 is 1.39 bits per heavy atom. The van der Waals surface area contributed by atoms with E-state index in [1.165, 1.54) is 6.33 Å². The van der Waals surface area contributed by atoms with E-state index in [2.05, 4.69) is 16.5 Å². The predicted octanol–water partition coefficient (Wildman–Crippen LogP) is 3.26. The maximum absolute atomic E-state index is 12.7. The number of hydrogen-bond acceptors (Lipinski definition) is 4. The van der Waals surface area contributed by atoms with E-state index in [4.69, 9.17) is 4.74 Å². The number of hydrogen-bond donors (Lipinski definition) is 0. The molecule has 1 atom stereocenters. The van der Waals surface area contributed by atoms with Gasteiger partial charge in [-0.1, -0.05) is 12.6 Å². The molecule has 1 aromatic carbocycles. The van der Waals surface area contributed by atoms with Crippen LogP contribution in [0, 0.1) is 0 Å². The minimum Gasteiger partial charge on any atom is -0.489 e. The Labute approximate surface area is 136 Å². The first-order valence-electron chi connectivity index (χ1n) is 7.39. The fourth-order valence-electron chi connectivity index (χ4n) is 2.05. The van der Waals surface area contributed by atoms with E-state index in [-0.39, 0.29) is 11.9 Å². The molecule has 0 saturated carbocycles. The van der Waals surface area contributed by atoms with Crippen molar-refractivity contribution in [2.24, 2.45) is 0 Å². The zero-order valence-corrected chi connectivity index (χ0v) is 13.7. The summed E-state index contributed by atoms with van der Waals surface area (Å²) < 4.78 is 5.59. The van der Waals surface area contributed by atoms with Crippen LogP contribution in [0.5, 0.6) is 5.75 Å². The van der Waals surface area contributed by atoms with Crippen LogP contribution < -0.4 is 4.74 Å². The summed E-state index contributed by atoms with van der Waals surface area (Å²) >= 11 is 0. The fraction of sp³-hybridized carbons (Fsp3) is 0.278. The third-order valence-corrected chi connectivity index (χ3v) is 3.50. The van der Waals surface area contributed by atoms with Crippen LogP contribution in [0.3, 0.4) is 0 Å². The summed E-state index contributed by atoms with van der Waals surface area (Å²) in [4.78, 5) is 22.4. The van der Waals surface area contributed by atoms with Crippen LogP contribution in [0.1, 0.15) is 35.9 Å². The van der Waals surface area contributed by atoms with Gasteiger partial charge < -0.3 is 9.64 Å². The Balaban J connectivity index is 2.13. The Morgan fingerprint density at radius 2 is 2.17 bits per heavy atom. The Bertz CT molecular complexity index is 686. The highest BCUT2D eigenvalue weighted by atomic mass is 16.5. The van der Waals surface area contributed by atoms with Gasteiger partial charge in [0.15, 0.2) is 0 Å². The second kappa shape index (κ2) is 7.54. The SMILES string of the molecule is C=C(C)COc1cccc(C(=O)N(C)[C@H](C)c2ccncn2)c1. The van der Waals surface area contributed by atoms with Gasteiger partial charge in [0.05, 0.1) is 11.7 Å². The van der Waals surface area contributed by atoms with E-state index < -0.39 is 0 Å². The van der Waals surface area contributed by atoms with Crippen LogP contribution in [-0.2, 0) is 0 Å². The normalized spacial score (nSPS) is 11.6. The molecule has 0 fully saturated rings. The van der Waals surface area contributed by atoms with Gasteiger partial charge in [0.1, 0.15) is 18.7 Å². The lowest BCUT2D eigenvalue weighted by molar-refractivity contribution is 0.0739. The molecule has 2 rings (SSSR count). The van der Waals surface area contributed by atoms with Crippen molar-refractivity contribution < 1.29 is 9.53 Å². The third-order valence-electron chi connectivity index (χ3n) is 3.50. The quantitative estimate of drug-likeness (QED) is 0.768. The van der Waals surface area contributed by atoms with Gasteiger partial charge in [0.2, 0.25) is 0 Å². The van der Waals surface area contributed by atoms with E-state index in [9.17, 15) is 4.79 Å². The molecule has 0 aliphatic rings. The molecule has 1 heterocycles. The molecule has 5 nitrogen and oxygen atoms in total. The number of ether oxygens (including phenoxy) is 1. The maximum atomic E-state index is 12.7. The van der Waals surface area contributed by atoms with E-state index in [0.29, 0.717) is 17.9 Å². The lowest BCUT2D eigenvalue weighted by Crippen LogP contribution is -2.30. The van der Waals surface area contributed by atoms with Gasteiger partial charge in [0.25, 0.3) is 5.91 Å². The van der Waals surface area contributed by atoms with Crippen LogP contribution in [0.4, 0.5) is 0 Å². The van der Waals surface area contributed by atoms with E-state index >= 15 is 0 Å². The van der Waals surface area contributed by atoms with Crippen molar-refractivity contribution in [3.8, 4) is 5.75 Å². The Morgan fingerprint density at radius 3 is 2.83 bits per heavy atom. The molecule has 1 aromatic heterocycles. The number of carbonyl (C=O) groups excluding carboxylic acids is 1. The van der Waals surface area contributed by atoms with Crippen LogP contribution in [-0.4, -0.2) is 34.4 Å². The van der Waals surface area contributed by atoms with Crippen molar-refractivity contribution in [2.45, 2.75) is 19.9 Å². The third kappa shape index (κ3) is 4.39. The van der Waals surface area contributed by atoms with Crippen LogP contribution in [0.2, 0.25) is 0 Å². The summed E-state index contributed by atoms with van der Waals surface area (Å²) in [6.07, 6.45) is 3.15. The number of aromatic nitrogens is 2. The minimum absolute atomic E-state index is 0.0862. The number of rotatable bonds is 6. The molecule has 0 bridgehead atoms. The molecule has 0 aliphatic carbocycles. The van der Waals surface area contributed by atoms with E-state index in [0.717, 1.165) is 11.3 Å². The highest BCUT2D eigenvalue weighted by Gasteiger charge is 2.20. The Kier molecular flexibility index (Phi) is 5.46. The van der Waals surface area contributed by atoms with Crippen molar-refractivity contribution in [3.05, 3.63) is 66.3 Å². The van der Waals surface area contributed by atoms with Crippen LogP contribution in [0.25, 0.3) is 0 Å². The second-order valence-corrected chi connectivity index (χ2v) is 5.50. The smallest absolute Gasteiger partial charge is 0.254 e. The van der Waals surface area contributed by atoms with Crippen LogP contribution in [0.15, 0.2) is 55.0 Å². The zero-order valence-electron chi connectivity index (χ0n) is 13.7. The predicted molar refractivity (Wildman–Crippen MR) is 89.3 cm³/mol. The molecule has 120 valence electrons. The molecule has 0 unspecified atom stereocenters. The minimum atomic E-state index is -0.148. The van der Waals surface area contributed by atoms with Crippen LogP contribution >= 0.6 is 0 Å². The van der Waals surface area contributed by atoms with E-state index in [1.807, 2.05) is 26.0 Å². The molecule has 23 heavy (non-hydrogen) atoms. The van der Waals surface area contributed by atoms with Gasteiger partial charge in [-0.3, -0.25) is 4.79 Å². The molecule has 0 spiro atoms. The summed E-state index contributed by atoms with van der Waals surface area (Å²) in [5, 5.41) is 0. The maximum Gasteiger partial charge on any atom is 0.254 e. The van der Waals surface area contributed by atoms with Crippen molar-refractivity contribution in [3.63, 3.8) is 0 Å². The van der Waals surface area contributed by atoms with Crippen molar-refractivity contribution in [1.82, 2.24) is 14.9 Å².